The fourth-order valence-corrected chi connectivity index (χ4v) is 1.47. The smallest absolute Gasteiger partial charge is 0.269 e. The molecule has 0 saturated carbocycles. The van der Waals surface area contributed by atoms with Crippen LogP contribution in [0, 0.1) is 0 Å². The van der Waals surface area contributed by atoms with Crippen molar-refractivity contribution in [2.45, 2.75) is 52.3 Å². The Bertz CT molecular complexity index is 353. The van der Waals surface area contributed by atoms with E-state index in [1.807, 2.05) is 20.8 Å². The predicted molar refractivity (Wildman–Crippen MR) is 56.3 cm³/mol. The molecule has 0 aliphatic carbocycles. The van der Waals surface area contributed by atoms with E-state index in [-0.39, 0.29) is 12.0 Å². The van der Waals surface area contributed by atoms with Crippen molar-refractivity contribution >= 4 is 0 Å². The van der Waals surface area contributed by atoms with Gasteiger partial charge in [-0.25, -0.2) is 0 Å². The monoisotopic (exact) mass is 234 g/mol. The summed E-state index contributed by atoms with van der Waals surface area (Å²) >= 11 is 0. The molecule has 1 heterocycles. The molecule has 0 aromatic carbocycles. The van der Waals surface area contributed by atoms with Crippen LogP contribution in [-0.2, 0) is 6.18 Å². The molecule has 1 aromatic rings. The first-order chi connectivity index (χ1) is 7.27. The zero-order valence-corrected chi connectivity index (χ0v) is 9.97. The molecule has 1 unspecified atom stereocenters. The molecule has 0 bridgehead atoms. The Balaban J connectivity index is 3.23. The highest BCUT2D eigenvalue weighted by Crippen LogP contribution is 2.35. The number of hydrogen-bond acceptors (Lipinski definition) is 1. The highest BCUT2D eigenvalue weighted by atomic mass is 19.4. The number of nitrogens with zero attached hydrogens (tertiary/aromatic N) is 2. The van der Waals surface area contributed by atoms with Crippen LogP contribution < -0.4 is 0 Å². The van der Waals surface area contributed by atoms with Gasteiger partial charge in [0.05, 0.1) is 0 Å². The van der Waals surface area contributed by atoms with Crippen molar-refractivity contribution in [2.75, 3.05) is 0 Å². The maximum absolute atomic E-state index is 12.7. The zero-order valence-electron chi connectivity index (χ0n) is 9.97. The summed E-state index contributed by atoms with van der Waals surface area (Å²) in [6, 6.07) is -0.0566. The Kier molecular flexibility index (Phi) is 3.65. The SMILES string of the molecule is CCC(C)c1cn(C(C)C)nc1C(F)(F)F. The van der Waals surface area contributed by atoms with Crippen LogP contribution >= 0.6 is 0 Å². The third-order valence-electron chi connectivity index (χ3n) is 2.70. The van der Waals surface area contributed by atoms with Crippen molar-refractivity contribution in [3.63, 3.8) is 0 Å². The van der Waals surface area contributed by atoms with Gasteiger partial charge in [0.2, 0.25) is 0 Å². The molecule has 0 aliphatic rings. The largest absolute Gasteiger partial charge is 0.435 e. The Labute approximate surface area is 93.5 Å². The average molecular weight is 234 g/mol. The van der Waals surface area contributed by atoms with Crippen LogP contribution in [-0.4, -0.2) is 9.78 Å². The maximum Gasteiger partial charge on any atom is 0.435 e. The van der Waals surface area contributed by atoms with Crippen LogP contribution in [0.4, 0.5) is 13.2 Å². The van der Waals surface area contributed by atoms with Crippen LogP contribution in [0.3, 0.4) is 0 Å². The van der Waals surface area contributed by atoms with E-state index in [1.165, 1.54) is 10.9 Å². The van der Waals surface area contributed by atoms with Crippen molar-refractivity contribution in [2.24, 2.45) is 0 Å². The van der Waals surface area contributed by atoms with Crippen LogP contribution in [0.25, 0.3) is 0 Å². The predicted octanol–water partition coefficient (Wildman–Crippen LogP) is 4.00. The molecule has 0 fully saturated rings. The summed E-state index contributed by atoms with van der Waals surface area (Å²) in [4.78, 5) is 0. The van der Waals surface area contributed by atoms with Crippen molar-refractivity contribution in [3.8, 4) is 0 Å². The van der Waals surface area contributed by atoms with Gasteiger partial charge in [0.15, 0.2) is 5.69 Å². The van der Waals surface area contributed by atoms with E-state index in [0.29, 0.717) is 12.0 Å². The third kappa shape index (κ3) is 2.57. The number of rotatable bonds is 3. The molecule has 0 spiro atoms. The van der Waals surface area contributed by atoms with E-state index in [0.717, 1.165) is 0 Å². The molecular weight excluding hydrogens is 217 g/mol. The lowest BCUT2D eigenvalue weighted by Gasteiger charge is -2.10. The molecule has 1 aromatic heterocycles. The number of alkyl halides is 3. The molecule has 5 heteroatoms. The van der Waals surface area contributed by atoms with Gasteiger partial charge >= 0.3 is 6.18 Å². The lowest BCUT2D eigenvalue weighted by Crippen LogP contribution is -2.11. The fraction of sp³-hybridized carbons (Fsp3) is 0.727. The first-order valence-corrected chi connectivity index (χ1v) is 5.43. The normalized spacial score (nSPS) is 14.5. The molecule has 0 amide bonds. The van der Waals surface area contributed by atoms with Crippen molar-refractivity contribution in [3.05, 3.63) is 17.5 Å². The highest BCUT2D eigenvalue weighted by Gasteiger charge is 2.38. The lowest BCUT2D eigenvalue weighted by molar-refractivity contribution is -0.142. The van der Waals surface area contributed by atoms with E-state index < -0.39 is 11.9 Å². The third-order valence-corrected chi connectivity index (χ3v) is 2.70. The topological polar surface area (TPSA) is 17.8 Å². The van der Waals surface area contributed by atoms with Gasteiger partial charge in [-0.2, -0.15) is 18.3 Å². The summed E-state index contributed by atoms with van der Waals surface area (Å²) in [5.74, 6) is -0.121. The van der Waals surface area contributed by atoms with Crippen molar-refractivity contribution in [1.29, 1.82) is 0 Å². The Morgan fingerprint density at radius 1 is 1.31 bits per heavy atom. The van der Waals surface area contributed by atoms with Gasteiger partial charge in [-0.05, 0) is 26.2 Å². The van der Waals surface area contributed by atoms with E-state index in [2.05, 4.69) is 5.10 Å². The summed E-state index contributed by atoms with van der Waals surface area (Å²) < 4.78 is 39.6. The van der Waals surface area contributed by atoms with E-state index in [1.54, 1.807) is 6.92 Å². The van der Waals surface area contributed by atoms with Crippen molar-refractivity contribution in [1.82, 2.24) is 9.78 Å². The van der Waals surface area contributed by atoms with E-state index in [4.69, 9.17) is 0 Å². The fourth-order valence-electron chi connectivity index (χ4n) is 1.47. The second-order valence-corrected chi connectivity index (χ2v) is 4.31. The Hall–Kier alpha value is -1.00. The van der Waals surface area contributed by atoms with E-state index in [9.17, 15) is 13.2 Å². The first-order valence-electron chi connectivity index (χ1n) is 5.43. The molecule has 92 valence electrons. The van der Waals surface area contributed by atoms with Gasteiger partial charge in [-0.15, -0.1) is 0 Å². The molecule has 0 radical (unpaired) electrons. The number of aromatic nitrogens is 2. The molecule has 0 N–H and O–H groups in total. The average Bonchev–Trinajstić information content (AvgIpc) is 2.60. The summed E-state index contributed by atoms with van der Waals surface area (Å²) in [5.41, 5.74) is -0.445. The number of hydrogen-bond donors (Lipinski definition) is 0. The molecule has 1 rings (SSSR count). The molecule has 0 aliphatic heterocycles. The van der Waals surface area contributed by atoms with Gasteiger partial charge in [-0.1, -0.05) is 13.8 Å². The van der Waals surface area contributed by atoms with E-state index >= 15 is 0 Å². The first kappa shape index (κ1) is 13.1. The van der Waals surface area contributed by atoms with Gasteiger partial charge in [0, 0.05) is 17.8 Å². The molecule has 1 atom stereocenters. The van der Waals surface area contributed by atoms with Gasteiger partial charge < -0.3 is 0 Å². The lowest BCUT2D eigenvalue weighted by atomic mass is 9.99. The Morgan fingerprint density at radius 3 is 2.25 bits per heavy atom. The minimum atomic E-state index is -4.36. The molecular formula is C11H17F3N2. The molecule has 16 heavy (non-hydrogen) atoms. The maximum atomic E-state index is 12.7. The highest BCUT2D eigenvalue weighted by molar-refractivity contribution is 5.24. The minimum absolute atomic E-state index is 0.0566. The van der Waals surface area contributed by atoms with Crippen LogP contribution in [0.15, 0.2) is 6.20 Å². The van der Waals surface area contributed by atoms with Crippen molar-refractivity contribution < 1.29 is 13.2 Å². The second-order valence-electron chi connectivity index (χ2n) is 4.31. The summed E-state index contributed by atoms with van der Waals surface area (Å²) in [6.07, 6.45) is -2.17. The Morgan fingerprint density at radius 2 is 1.88 bits per heavy atom. The zero-order chi connectivity index (χ0) is 12.5. The molecule has 2 nitrogen and oxygen atoms in total. The van der Waals surface area contributed by atoms with Gasteiger partial charge in [-0.3, -0.25) is 4.68 Å². The second kappa shape index (κ2) is 4.47. The summed E-state index contributed by atoms with van der Waals surface area (Å²) in [7, 11) is 0. The van der Waals surface area contributed by atoms with Crippen LogP contribution in [0.1, 0.15) is 57.3 Å². The standard InChI is InChI=1S/C11H17F3N2/c1-5-8(4)9-6-16(7(2)3)15-10(9)11(12,13)14/h6-8H,5H2,1-4H3. The van der Waals surface area contributed by atoms with Crippen LogP contribution in [0.5, 0.6) is 0 Å². The summed E-state index contributed by atoms with van der Waals surface area (Å²) in [6.45, 7) is 7.29. The summed E-state index contributed by atoms with van der Waals surface area (Å²) in [5, 5.41) is 3.64. The number of halogens is 3. The quantitative estimate of drug-likeness (QED) is 0.773. The van der Waals surface area contributed by atoms with Crippen LogP contribution in [0.2, 0.25) is 0 Å². The minimum Gasteiger partial charge on any atom is -0.269 e. The van der Waals surface area contributed by atoms with Gasteiger partial charge in [0.25, 0.3) is 0 Å². The molecule has 0 saturated heterocycles. The van der Waals surface area contributed by atoms with Gasteiger partial charge in [0.1, 0.15) is 0 Å².